The van der Waals surface area contributed by atoms with Crippen LogP contribution in [-0.2, 0) is 49.2 Å². The minimum absolute atomic E-state index is 0.0166. The molecule has 0 aliphatic carbocycles. The van der Waals surface area contributed by atoms with Gasteiger partial charge in [-0.15, -0.1) is 6.42 Å². The van der Waals surface area contributed by atoms with E-state index in [0.29, 0.717) is 76.1 Å². The van der Waals surface area contributed by atoms with Gasteiger partial charge in [0, 0.05) is 77.9 Å². The maximum Gasteiger partial charge on any atom is 0.407 e. The Bertz CT molecular complexity index is 4300. The summed E-state index contributed by atoms with van der Waals surface area (Å²) in [5.41, 5.74) is -1.01. The fourth-order valence-electron chi connectivity index (χ4n) is 13.9. The van der Waals surface area contributed by atoms with Gasteiger partial charge in [-0.3, -0.25) is 24.3 Å². The lowest BCUT2D eigenvalue weighted by Gasteiger charge is -2.42. The molecule has 7 aromatic rings. The minimum Gasteiger partial charge on any atom is -0.508 e. The van der Waals surface area contributed by atoms with Crippen LogP contribution in [0.2, 0.25) is 0 Å². The van der Waals surface area contributed by atoms with Gasteiger partial charge in [0.2, 0.25) is 12.7 Å². The number of terminal acetylenes is 1. The lowest BCUT2D eigenvalue weighted by atomic mass is 9.86. The Kier molecular flexibility index (Phi) is 13.3. The number of hydrogen-bond acceptors (Lipinski definition) is 18. The van der Waals surface area contributed by atoms with Gasteiger partial charge in [0.05, 0.1) is 57.6 Å². The fraction of sp³-hybridized carbons (Fsp3) is 0.371. The lowest BCUT2D eigenvalue weighted by molar-refractivity contribution is -0.172. The molecule has 3 amide bonds. The number of benzene rings is 3. The van der Waals surface area contributed by atoms with Crippen molar-refractivity contribution in [3.05, 3.63) is 111 Å². The number of aromatic nitrogens is 5. The number of phenolic OH excluding ortho intramolecular Hbond substituents is 1. The third-order valence-corrected chi connectivity index (χ3v) is 18.2. The summed E-state index contributed by atoms with van der Waals surface area (Å²) < 4.78 is 77.2. The van der Waals surface area contributed by atoms with E-state index < -0.39 is 83.6 Å². The quantitative estimate of drug-likeness (QED) is 0.0616. The second-order valence-corrected chi connectivity index (χ2v) is 23.1. The molecule has 11 heterocycles. The van der Waals surface area contributed by atoms with Crippen molar-refractivity contribution in [2.24, 2.45) is 0 Å². The lowest BCUT2D eigenvalue weighted by Crippen LogP contribution is -2.56. The van der Waals surface area contributed by atoms with Crippen molar-refractivity contribution >= 4 is 62.3 Å². The number of hydrogen-bond donors (Lipinski definition) is 4. The smallest absolute Gasteiger partial charge is 0.407 e. The van der Waals surface area contributed by atoms with Crippen LogP contribution in [0.3, 0.4) is 0 Å². The van der Waals surface area contributed by atoms with Crippen molar-refractivity contribution < 1.29 is 66.2 Å². The number of pyridine rings is 3. The normalized spacial score (nSPS) is 22.2. The number of ether oxygens (including phenoxy) is 5. The number of fused-ring (bicyclic) bond motifs is 11. The van der Waals surface area contributed by atoms with Gasteiger partial charge in [0.25, 0.3) is 11.5 Å². The number of alkyl halides is 1. The SMILES string of the molecule is C#Cc1c(F)ccc2cc(O)cc(-c3ncc4c(N5CC6CCC(C5)N6C(=O)C(=C)COC(=O)NCC(=O)NCc5c6c(nc7cc8c(cc57)OCO8)-c5cc7c(c(=O)n5C6)COC(=O)[C@]7(O)CC)nc(OC[C@@]56CCCN5C[C@H](F)C6)nc4c3F)c12. The van der Waals surface area contributed by atoms with Crippen molar-refractivity contribution in [2.75, 3.05) is 57.6 Å². The highest BCUT2D eigenvalue weighted by atomic mass is 19.1. The zero-order valence-corrected chi connectivity index (χ0v) is 46.8. The van der Waals surface area contributed by atoms with Crippen molar-refractivity contribution in [1.29, 1.82) is 0 Å². The molecule has 0 radical (unpaired) electrons. The molecule has 22 nitrogen and oxygen atoms in total. The Morgan fingerprint density at radius 2 is 1.76 bits per heavy atom. The van der Waals surface area contributed by atoms with Crippen LogP contribution in [0.15, 0.2) is 65.6 Å². The maximum atomic E-state index is 17.4. The second-order valence-electron chi connectivity index (χ2n) is 23.1. The van der Waals surface area contributed by atoms with Gasteiger partial charge in [0.15, 0.2) is 22.9 Å². The van der Waals surface area contributed by atoms with E-state index in [4.69, 9.17) is 40.1 Å². The van der Waals surface area contributed by atoms with Crippen LogP contribution in [0, 0.1) is 24.0 Å². The van der Waals surface area contributed by atoms with Gasteiger partial charge < -0.3 is 58.9 Å². The topological polar surface area (TPSA) is 262 Å². The number of esters is 1. The Labute approximate surface area is 492 Å². The number of aromatic hydroxyl groups is 1. The molecule has 4 saturated heterocycles. The van der Waals surface area contributed by atoms with Crippen LogP contribution in [0.25, 0.3) is 55.2 Å². The average molecular weight is 1190 g/mol. The Hall–Kier alpha value is -9.54. The number of halogens is 3. The highest BCUT2D eigenvalue weighted by molar-refractivity contribution is 6.03. The van der Waals surface area contributed by atoms with E-state index in [2.05, 4.69) is 38.0 Å². The summed E-state index contributed by atoms with van der Waals surface area (Å²) in [5.74, 6) is -0.304. The minimum atomic E-state index is -2.04. The third-order valence-electron chi connectivity index (χ3n) is 18.2. The summed E-state index contributed by atoms with van der Waals surface area (Å²) in [6.07, 6.45) is 8.05. The molecule has 7 aliphatic heterocycles. The Balaban J connectivity index is 0.657. The molecule has 2 unspecified atom stereocenters. The summed E-state index contributed by atoms with van der Waals surface area (Å²) in [7, 11) is 0. The van der Waals surface area contributed by atoms with E-state index in [-0.39, 0.29) is 133 Å². The van der Waals surface area contributed by atoms with Gasteiger partial charge in [-0.2, -0.15) is 9.97 Å². The number of rotatable bonds is 13. The molecule has 3 aromatic carbocycles. The average Bonchev–Trinajstić information content (AvgIpc) is 1.69. The van der Waals surface area contributed by atoms with Crippen molar-refractivity contribution in [3.63, 3.8) is 0 Å². The molecule has 4 aromatic heterocycles. The monoisotopic (exact) mass is 1190 g/mol. The molecule has 2 bridgehead atoms. The first kappa shape index (κ1) is 55.3. The number of carbonyl (C=O) groups is 4. The first-order chi connectivity index (χ1) is 41.9. The number of carbonyl (C=O) groups excluding carboxylic acids is 4. The Morgan fingerprint density at radius 3 is 2.54 bits per heavy atom. The van der Waals surface area contributed by atoms with Gasteiger partial charge >= 0.3 is 18.1 Å². The molecule has 0 spiro atoms. The Morgan fingerprint density at radius 1 is 0.966 bits per heavy atom. The molecule has 446 valence electrons. The molecular formula is C62H55F3N10O12. The second kappa shape index (κ2) is 20.9. The zero-order valence-electron chi connectivity index (χ0n) is 46.8. The number of piperazine rings is 1. The summed E-state index contributed by atoms with van der Waals surface area (Å²) in [6.45, 7) is 5.64. The van der Waals surface area contributed by atoms with Crippen LogP contribution in [0.1, 0.15) is 73.3 Å². The standard InChI is InChI=1S/C62H55F3N10O12/c1-4-36-44(64)10-7-31-13-35(76)14-38(50(31)36)53-51(65)54-40(20-67-53)55(71-59(70-54)85-28-61-11-6-12-73(61)22-32(63)18-61)72-23-33-8-9-34(24-72)75(33)56(78)30(3)26-84-60(81)68-21-49(77)66-19-39-37-15-47-48(87-29-86-47)17-45(37)69-52-41(39)25-74-46(52)16-43-42(57(74)79)27-83-58(80)62(43,82)5-2/h1,7,10,13-17,20,32-34,76,82H,3,5-6,8-9,11-12,18-19,21-29H2,2H3,(H,66,77)(H,68,81)/t32-,33?,34?,61+,62+/m1/s1. The highest BCUT2D eigenvalue weighted by Gasteiger charge is 2.50. The molecule has 4 fully saturated rings. The van der Waals surface area contributed by atoms with E-state index in [1.54, 1.807) is 30.0 Å². The number of nitrogens with one attached hydrogen (secondary N) is 2. The molecule has 87 heavy (non-hydrogen) atoms. The molecular weight excluding hydrogens is 1130 g/mol. The van der Waals surface area contributed by atoms with Gasteiger partial charge in [-0.1, -0.05) is 25.5 Å². The van der Waals surface area contributed by atoms with Crippen molar-refractivity contribution in [2.45, 2.75) is 94.5 Å². The molecule has 14 rings (SSSR count). The van der Waals surface area contributed by atoms with Gasteiger partial charge in [-0.05, 0) is 79.9 Å². The number of amides is 3. The number of anilines is 1. The van der Waals surface area contributed by atoms with Crippen LogP contribution >= 0.6 is 0 Å². The zero-order chi connectivity index (χ0) is 60.4. The predicted molar refractivity (Wildman–Crippen MR) is 305 cm³/mol. The largest absolute Gasteiger partial charge is 0.508 e. The first-order valence-electron chi connectivity index (χ1n) is 28.6. The van der Waals surface area contributed by atoms with E-state index in [1.165, 1.54) is 29.0 Å². The van der Waals surface area contributed by atoms with Crippen molar-refractivity contribution in [3.8, 4) is 58.2 Å². The molecule has 25 heteroatoms. The van der Waals surface area contributed by atoms with Gasteiger partial charge in [0.1, 0.15) is 61.1 Å². The number of alkyl carbamates (subject to hydrolysis) is 1. The maximum absolute atomic E-state index is 17.4. The van der Waals surface area contributed by atoms with E-state index >= 15 is 8.78 Å². The van der Waals surface area contributed by atoms with Crippen LogP contribution in [-0.4, -0.2) is 145 Å². The van der Waals surface area contributed by atoms with Gasteiger partial charge in [-0.25, -0.2) is 27.7 Å². The van der Waals surface area contributed by atoms with Crippen LogP contribution < -0.4 is 35.3 Å². The number of aliphatic hydroxyl groups is 1. The molecule has 5 atom stereocenters. The van der Waals surface area contributed by atoms with Crippen LogP contribution in [0.5, 0.6) is 23.3 Å². The molecule has 4 N–H and O–H groups in total. The fourth-order valence-corrected chi connectivity index (χ4v) is 13.9. The molecule has 0 saturated carbocycles. The van der Waals surface area contributed by atoms with Crippen molar-refractivity contribution in [1.82, 2.24) is 44.9 Å². The van der Waals surface area contributed by atoms with Crippen LogP contribution in [0.4, 0.5) is 23.8 Å². The summed E-state index contributed by atoms with van der Waals surface area (Å²) in [6, 6.07) is 9.26. The van der Waals surface area contributed by atoms with E-state index in [0.717, 1.165) is 12.5 Å². The van der Waals surface area contributed by atoms with E-state index in [1.807, 2.05) is 4.90 Å². The predicted octanol–water partition coefficient (Wildman–Crippen LogP) is 5.67. The summed E-state index contributed by atoms with van der Waals surface area (Å²) in [5, 5.41) is 28.7. The molecule has 7 aliphatic rings. The first-order valence-corrected chi connectivity index (χ1v) is 28.6. The highest BCUT2D eigenvalue weighted by Crippen LogP contribution is 2.46. The number of nitrogens with zero attached hydrogens (tertiary/aromatic N) is 8. The summed E-state index contributed by atoms with van der Waals surface area (Å²) >= 11 is 0. The number of phenols is 1. The van der Waals surface area contributed by atoms with E-state index in [9.17, 15) is 38.6 Å². The third kappa shape index (κ3) is 9.05. The summed E-state index contributed by atoms with van der Waals surface area (Å²) in [4.78, 5) is 92.1. The number of cyclic esters (lactones) is 1.